The number of hydrogen-bond donors (Lipinski definition) is 2. The second-order valence-corrected chi connectivity index (χ2v) is 6.29. The molecule has 2 aromatic rings. The molecule has 0 spiro atoms. The van der Waals surface area contributed by atoms with Crippen LogP contribution in [0.1, 0.15) is 26.3 Å². The van der Waals surface area contributed by atoms with Gasteiger partial charge in [0.1, 0.15) is 0 Å². The van der Waals surface area contributed by atoms with Crippen molar-refractivity contribution in [1.29, 1.82) is 0 Å². The minimum Gasteiger partial charge on any atom is -0.348 e. The van der Waals surface area contributed by atoms with E-state index in [4.69, 9.17) is 11.6 Å². The molecular weight excluding hydrogens is 331 g/mol. The van der Waals surface area contributed by atoms with Crippen LogP contribution in [0.3, 0.4) is 0 Å². The van der Waals surface area contributed by atoms with E-state index in [1.54, 1.807) is 0 Å². The minimum absolute atomic E-state index is 0.00113. The van der Waals surface area contributed by atoms with E-state index in [2.05, 4.69) is 25.8 Å². The van der Waals surface area contributed by atoms with Crippen molar-refractivity contribution in [3.8, 4) is 0 Å². The highest BCUT2D eigenvalue weighted by Crippen LogP contribution is 2.37. The summed E-state index contributed by atoms with van der Waals surface area (Å²) in [6.45, 7) is 5.70. The molecule has 0 fully saturated rings. The third-order valence-corrected chi connectivity index (χ3v) is 2.83. The lowest BCUT2D eigenvalue weighted by atomic mass is 10.1. The van der Waals surface area contributed by atoms with E-state index in [9.17, 15) is 13.2 Å². The van der Waals surface area contributed by atoms with Gasteiger partial charge in [-0.05, 0) is 39.0 Å². The number of benzene rings is 1. The van der Waals surface area contributed by atoms with Crippen LogP contribution >= 0.6 is 11.6 Å². The molecule has 0 aliphatic rings. The van der Waals surface area contributed by atoms with Gasteiger partial charge in [0.05, 0.1) is 17.4 Å². The molecule has 2 N–H and O–H groups in total. The van der Waals surface area contributed by atoms with Gasteiger partial charge in [0.25, 0.3) is 0 Å². The molecular formula is C14H15ClF3N5. The van der Waals surface area contributed by atoms with E-state index in [1.807, 2.05) is 20.8 Å². The molecule has 0 amide bonds. The van der Waals surface area contributed by atoms with E-state index in [-0.39, 0.29) is 28.0 Å². The van der Waals surface area contributed by atoms with Crippen LogP contribution in [-0.2, 0) is 6.18 Å². The second kappa shape index (κ2) is 6.19. The van der Waals surface area contributed by atoms with Gasteiger partial charge < -0.3 is 10.6 Å². The molecule has 5 nitrogen and oxygen atoms in total. The second-order valence-electron chi connectivity index (χ2n) is 5.85. The number of anilines is 3. The van der Waals surface area contributed by atoms with Gasteiger partial charge in [0.15, 0.2) is 5.82 Å². The Morgan fingerprint density at radius 3 is 2.43 bits per heavy atom. The number of aromatic nitrogens is 3. The third kappa shape index (κ3) is 4.95. The number of halogens is 4. The maximum Gasteiger partial charge on any atom is 0.418 e. The Hall–Kier alpha value is -2.09. The Balaban J connectivity index is 2.31. The van der Waals surface area contributed by atoms with Crippen molar-refractivity contribution < 1.29 is 13.2 Å². The molecule has 23 heavy (non-hydrogen) atoms. The van der Waals surface area contributed by atoms with Crippen molar-refractivity contribution in [3.63, 3.8) is 0 Å². The van der Waals surface area contributed by atoms with E-state index >= 15 is 0 Å². The molecule has 0 saturated heterocycles. The Kier molecular flexibility index (Phi) is 4.65. The number of hydrogen-bond acceptors (Lipinski definition) is 5. The molecule has 0 unspecified atom stereocenters. The van der Waals surface area contributed by atoms with E-state index < -0.39 is 11.7 Å². The molecule has 124 valence electrons. The zero-order valence-electron chi connectivity index (χ0n) is 12.7. The first kappa shape index (κ1) is 17.3. The number of alkyl halides is 3. The van der Waals surface area contributed by atoms with E-state index in [0.29, 0.717) is 0 Å². The lowest BCUT2D eigenvalue weighted by Crippen LogP contribution is -2.27. The highest BCUT2D eigenvalue weighted by Gasteiger charge is 2.34. The maximum atomic E-state index is 13.1. The highest BCUT2D eigenvalue weighted by atomic mass is 35.5. The number of rotatable bonds is 3. The van der Waals surface area contributed by atoms with Gasteiger partial charge >= 0.3 is 6.18 Å². The predicted octanol–water partition coefficient (Wildman–Crippen LogP) is 4.50. The summed E-state index contributed by atoms with van der Waals surface area (Å²) in [6.07, 6.45) is -3.30. The zero-order chi connectivity index (χ0) is 17.3. The van der Waals surface area contributed by atoms with Crippen LogP contribution < -0.4 is 10.6 Å². The number of nitrogens with zero attached hydrogens (tertiary/aromatic N) is 3. The summed E-state index contributed by atoms with van der Waals surface area (Å²) in [4.78, 5) is 4.10. The SMILES string of the molecule is CC(C)(C)Nc1nncc(Nc2ccc(Cl)cc2C(F)(F)F)n1. The van der Waals surface area contributed by atoms with Crippen molar-refractivity contribution in [2.24, 2.45) is 0 Å². The van der Waals surface area contributed by atoms with Crippen LogP contribution in [-0.4, -0.2) is 20.7 Å². The van der Waals surface area contributed by atoms with Crippen LogP contribution in [0.4, 0.5) is 30.6 Å². The first-order valence-electron chi connectivity index (χ1n) is 6.66. The van der Waals surface area contributed by atoms with Gasteiger partial charge in [0.2, 0.25) is 5.95 Å². The van der Waals surface area contributed by atoms with Crippen LogP contribution in [0, 0.1) is 0 Å². The lowest BCUT2D eigenvalue weighted by Gasteiger charge is -2.20. The lowest BCUT2D eigenvalue weighted by molar-refractivity contribution is -0.136. The van der Waals surface area contributed by atoms with Gasteiger partial charge in [-0.25, -0.2) is 0 Å². The average molecular weight is 346 g/mol. The van der Waals surface area contributed by atoms with Crippen LogP contribution in [0.15, 0.2) is 24.4 Å². The zero-order valence-corrected chi connectivity index (χ0v) is 13.4. The minimum atomic E-state index is -4.54. The topological polar surface area (TPSA) is 62.7 Å². The molecule has 1 aromatic heterocycles. The van der Waals surface area contributed by atoms with Crippen molar-refractivity contribution in [2.45, 2.75) is 32.5 Å². The van der Waals surface area contributed by atoms with Crippen molar-refractivity contribution in [3.05, 3.63) is 35.0 Å². The summed E-state index contributed by atoms with van der Waals surface area (Å²) in [7, 11) is 0. The molecule has 1 heterocycles. The quantitative estimate of drug-likeness (QED) is 0.857. The van der Waals surface area contributed by atoms with Gasteiger partial charge in [-0.1, -0.05) is 11.6 Å². The normalized spacial score (nSPS) is 12.1. The highest BCUT2D eigenvalue weighted by molar-refractivity contribution is 6.30. The molecule has 0 atom stereocenters. The first-order chi connectivity index (χ1) is 10.5. The molecule has 2 rings (SSSR count). The van der Waals surface area contributed by atoms with Crippen LogP contribution in [0.2, 0.25) is 5.02 Å². The number of nitrogens with one attached hydrogen (secondary N) is 2. The summed E-state index contributed by atoms with van der Waals surface area (Å²) in [6, 6.07) is 3.46. The van der Waals surface area contributed by atoms with Crippen molar-refractivity contribution in [2.75, 3.05) is 10.6 Å². The average Bonchev–Trinajstić information content (AvgIpc) is 2.38. The summed E-state index contributed by atoms with van der Waals surface area (Å²) in [5.41, 5.74) is -1.35. The fourth-order valence-electron chi connectivity index (χ4n) is 1.75. The molecule has 9 heteroatoms. The largest absolute Gasteiger partial charge is 0.418 e. The van der Waals surface area contributed by atoms with Crippen LogP contribution in [0.5, 0.6) is 0 Å². The Morgan fingerprint density at radius 2 is 1.83 bits per heavy atom. The van der Waals surface area contributed by atoms with Crippen LogP contribution in [0.25, 0.3) is 0 Å². The van der Waals surface area contributed by atoms with Gasteiger partial charge in [0, 0.05) is 10.6 Å². The van der Waals surface area contributed by atoms with E-state index in [1.165, 1.54) is 18.3 Å². The van der Waals surface area contributed by atoms with Crippen molar-refractivity contribution >= 4 is 29.1 Å². The van der Waals surface area contributed by atoms with Crippen molar-refractivity contribution in [1.82, 2.24) is 15.2 Å². The summed E-state index contributed by atoms with van der Waals surface area (Å²) in [5.74, 6) is 0.351. The molecule has 0 bridgehead atoms. The Bertz CT molecular complexity index is 698. The van der Waals surface area contributed by atoms with E-state index in [0.717, 1.165) is 6.07 Å². The summed E-state index contributed by atoms with van der Waals surface area (Å²) in [5, 5.41) is 13.1. The fourth-order valence-corrected chi connectivity index (χ4v) is 1.92. The smallest absolute Gasteiger partial charge is 0.348 e. The summed E-state index contributed by atoms with van der Waals surface area (Å²) < 4.78 is 39.2. The Morgan fingerprint density at radius 1 is 1.13 bits per heavy atom. The molecule has 0 saturated carbocycles. The first-order valence-corrected chi connectivity index (χ1v) is 7.04. The third-order valence-electron chi connectivity index (χ3n) is 2.60. The molecule has 0 radical (unpaired) electrons. The monoisotopic (exact) mass is 345 g/mol. The van der Waals surface area contributed by atoms with Gasteiger partial charge in [-0.2, -0.15) is 23.3 Å². The van der Waals surface area contributed by atoms with Gasteiger partial charge in [-0.3, -0.25) is 0 Å². The fraction of sp³-hybridized carbons (Fsp3) is 0.357. The maximum absolute atomic E-state index is 13.1. The molecule has 0 aliphatic carbocycles. The molecule has 0 aliphatic heterocycles. The van der Waals surface area contributed by atoms with Gasteiger partial charge in [-0.15, -0.1) is 5.10 Å². The Labute approximate surface area is 136 Å². The molecule has 1 aromatic carbocycles. The standard InChI is InChI=1S/C14H15ClF3N5/c1-13(2,3)22-12-21-11(7-19-23-12)20-10-5-4-8(15)6-9(10)14(16,17)18/h4-7H,1-3H3,(H2,20,21,22,23). The summed E-state index contributed by atoms with van der Waals surface area (Å²) >= 11 is 5.65. The predicted molar refractivity (Wildman–Crippen MR) is 82.9 cm³/mol.